The van der Waals surface area contributed by atoms with Crippen LogP contribution in [-0.2, 0) is 4.79 Å². The summed E-state index contributed by atoms with van der Waals surface area (Å²) in [7, 11) is 0. The number of anilines is 1. The Kier molecular flexibility index (Phi) is 4.37. The van der Waals surface area contributed by atoms with E-state index in [-0.39, 0.29) is 11.9 Å². The molecule has 0 spiro atoms. The summed E-state index contributed by atoms with van der Waals surface area (Å²) in [4.78, 5) is 11.8. The lowest BCUT2D eigenvalue weighted by molar-refractivity contribution is -0.113. The molecule has 0 bridgehead atoms. The molecule has 1 saturated carbocycles. The van der Waals surface area contributed by atoms with Crippen LogP contribution in [0.2, 0.25) is 0 Å². The zero-order chi connectivity index (χ0) is 13.8. The molecule has 2 aromatic rings. The first-order valence-electron chi connectivity index (χ1n) is 6.59. The van der Waals surface area contributed by atoms with E-state index in [0.29, 0.717) is 16.9 Å². The molecule has 3 rings (SSSR count). The van der Waals surface area contributed by atoms with Crippen molar-refractivity contribution in [1.29, 1.82) is 0 Å². The lowest BCUT2D eigenvalue weighted by Gasteiger charge is -2.06. The third kappa shape index (κ3) is 3.40. The van der Waals surface area contributed by atoms with Gasteiger partial charge in [-0.15, -0.1) is 16.9 Å². The summed E-state index contributed by atoms with van der Waals surface area (Å²) < 4.78 is 5.41. The summed E-state index contributed by atoms with van der Waals surface area (Å²) in [5.41, 5.74) is 0.878. The highest BCUT2D eigenvalue weighted by Gasteiger charge is 2.17. The maximum Gasteiger partial charge on any atom is 0.322 e. The Morgan fingerprint density at radius 1 is 1.45 bits per heavy atom. The summed E-state index contributed by atoms with van der Waals surface area (Å²) in [6.45, 7) is 0. The SMILES string of the molecule is O=C(CSC1CCCC1)Nc1nnc(-c2ccsc2)o1. The normalized spacial score (nSPS) is 15.6. The molecule has 2 aromatic heterocycles. The Morgan fingerprint density at radius 3 is 3.05 bits per heavy atom. The fraction of sp³-hybridized carbons (Fsp3) is 0.462. The second-order valence-electron chi connectivity index (χ2n) is 4.69. The largest absolute Gasteiger partial charge is 0.403 e. The molecule has 0 unspecified atom stereocenters. The second-order valence-corrected chi connectivity index (χ2v) is 6.76. The molecule has 1 fully saturated rings. The quantitative estimate of drug-likeness (QED) is 0.916. The maximum absolute atomic E-state index is 11.8. The molecule has 0 saturated heterocycles. The van der Waals surface area contributed by atoms with Crippen molar-refractivity contribution in [2.45, 2.75) is 30.9 Å². The third-order valence-electron chi connectivity index (χ3n) is 3.19. The van der Waals surface area contributed by atoms with Crippen LogP contribution in [0, 0.1) is 0 Å². The second kappa shape index (κ2) is 6.41. The average molecular weight is 309 g/mol. The molecule has 1 amide bonds. The predicted molar refractivity (Wildman–Crippen MR) is 81.0 cm³/mol. The summed E-state index contributed by atoms with van der Waals surface area (Å²) in [6, 6.07) is 2.07. The van der Waals surface area contributed by atoms with Gasteiger partial charge in [-0.3, -0.25) is 10.1 Å². The number of aromatic nitrogens is 2. The van der Waals surface area contributed by atoms with Gasteiger partial charge in [-0.2, -0.15) is 11.3 Å². The van der Waals surface area contributed by atoms with Crippen LogP contribution in [0.1, 0.15) is 25.7 Å². The molecule has 7 heteroatoms. The zero-order valence-corrected chi connectivity index (χ0v) is 12.5. The molecule has 0 aromatic carbocycles. The van der Waals surface area contributed by atoms with Gasteiger partial charge in [-0.05, 0) is 24.3 Å². The monoisotopic (exact) mass is 309 g/mol. The third-order valence-corrected chi connectivity index (χ3v) is 5.25. The molecule has 5 nitrogen and oxygen atoms in total. The minimum atomic E-state index is -0.0811. The molecule has 2 heterocycles. The van der Waals surface area contributed by atoms with E-state index in [4.69, 9.17) is 4.42 Å². The predicted octanol–water partition coefficient (Wildman–Crippen LogP) is 3.41. The van der Waals surface area contributed by atoms with Crippen LogP contribution >= 0.6 is 23.1 Å². The molecular weight excluding hydrogens is 294 g/mol. The first-order chi connectivity index (χ1) is 9.81. The molecule has 20 heavy (non-hydrogen) atoms. The smallest absolute Gasteiger partial charge is 0.322 e. The number of nitrogens with zero attached hydrogens (tertiary/aromatic N) is 2. The van der Waals surface area contributed by atoms with Crippen molar-refractivity contribution in [2.24, 2.45) is 0 Å². The molecule has 0 radical (unpaired) electrons. The van der Waals surface area contributed by atoms with E-state index in [9.17, 15) is 4.79 Å². The van der Waals surface area contributed by atoms with Crippen LogP contribution < -0.4 is 5.32 Å². The highest BCUT2D eigenvalue weighted by atomic mass is 32.2. The number of nitrogens with one attached hydrogen (secondary N) is 1. The molecule has 106 valence electrons. The van der Waals surface area contributed by atoms with Gasteiger partial charge >= 0.3 is 6.01 Å². The molecule has 1 N–H and O–H groups in total. The van der Waals surface area contributed by atoms with Crippen LogP contribution in [0.5, 0.6) is 0 Å². The number of amides is 1. The molecule has 0 aliphatic heterocycles. The van der Waals surface area contributed by atoms with Crippen LogP contribution in [0.15, 0.2) is 21.2 Å². The van der Waals surface area contributed by atoms with Gasteiger partial charge in [0, 0.05) is 16.2 Å². The minimum Gasteiger partial charge on any atom is -0.403 e. The summed E-state index contributed by atoms with van der Waals surface area (Å²) >= 11 is 3.28. The lowest BCUT2D eigenvalue weighted by Crippen LogP contribution is -2.16. The number of thiophene rings is 1. The summed E-state index contributed by atoms with van der Waals surface area (Å²) in [6.07, 6.45) is 5.02. The number of thioether (sulfide) groups is 1. The molecule has 1 aliphatic carbocycles. The number of rotatable bonds is 5. The Balaban J connectivity index is 1.51. The summed E-state index contributed by atoms with van der Waals surface area (Å²) in [5.74, 6) is 0.799. The van der Waals surface area contributed by atoms with Crippen molar-refractivity contribution >= 4 is 35.0 Å². The first-order valence-corrected chi connectivity index (χ1v) is 8.58. The Bertz CT molecular complexity index is 562. The van der Waals surface area contributed by atoms with Gasteiger partial charge in [0.15, 0.2) is 0 Å². The number of carbonyl (C=O) groups is 1. The first kappa shape index (κ1) is 13.6. The van der Waals surface area contributed by atoms with Crippen LogP contribution in [-0.4, -0.2) is 27.1 Å². The number of carbonyl (C=O) groups excluding carboxylic acids is 1. The van der Waals surface area contributed by atoms with Crippen molar-refractivity contribution in [1.82, 2.24) is 10.2 Å². The summed E-state index contributed by atoms with van der Waals surface area (Å²) in [5, 5.41) is 14.9. The van der Waals surface area contributed by atoms with Gasteiger partial charge in [0.1, 0.15) is 0 Å². The number of hydrogen-bond donors (Lipinski definition) is 1. The average Bonchev–Trinajstić information content (AvgIpc) is 3.18. The fourth-order valence-corrected chi connectivity index (χ4v) is 3.94. The maximum atomic E-state index is 11.8. The van der Waals surface area contributed by atoms with Crippen molar-refractivity contribution in [3.63, 3.8) is 0 Å². The van der Waals surface area contributed by atoms with E-state index in [1.54, 1.807) is 23.1 Å². The van der Waals surface area contributed by atoms with Gasteiger partial charge in [0.2, 0.25) is 5.91 Å². The zero-order valence-electron chi connectivity index (χ0n) is 10.9. The van der Waals surface area contributed by atoms with Crippen molar-refractivity contribution in [3.8, 4) is 11.5 Å². The van der Waals surface area contributed by atoms with Crippen molar-refractivity contribution in [3.05, 3.63) is 16.8 Å². The van der Waals surface area contributed by atoms with Crippen LogP contribution in [0.4, 0.5) is 6.01 Å². The van der Waals surface area contributed by atoms with E-state index in [1.807, 2.05) is 16.8 Å². The fourth-order valence-electron chi connectivity index (χ4n) is 2.18. The van der Waals surface area contributed by atoms with Gasteiger partial charge in [-0.1, -0.05) is 17.9 Å². The Labute approximate surface area is 125 Å². The van der Waals surface area contributed by atoms with Crippen LogP contribution in [0.25, 0.3) is 11.5 Å². The number of hydrogen-bond acceptors (Lipinski definition) is 6. The van der Waals surface area contributed by atoms with Gasteiger partial charge in [0.25, 0.3) is 5.89 Å². The van der Waals surface area contributed by atoms with Gasteiger partial charge < -0.3 is 4.42 Å². The lowest BCUT2D eigenvalue weighted by atomic mass is 10.3. The van der Waals surface area contributed by atoms with E-state index < -0.39 is 0 Å². The Hall–Kier alpha value is -1.34. The molecular formula is C13H15N3O2S2. The molecule has 0 atom stereocenters. The Morgan fingerprint density at radius 2 is 2.30 bits per heavy atom. The van der Waals surface area contributed by atoms with E-state index >= 15 is 0 Å². The van der Waals surface area contributed by atoms with E-state index in [1.165, 1.54) is 25.7 Å². The topological polar surface area (TPSA) is 68.0 Å². The van der Waals surface area contributed by atoms with E-state index in [2.05, 4.69) is 15.5 Å². The minimum absolute atomic E-state index is 0.0811. The van der Waals surface area contributed by atoms with Gasteiger partial charge in [-0.25, -0.2) is 0 Å². The highest BCUT2D eigenvalue weighted by molar-refractivity contribution is 8.00. The van der Waals surface area contributed by atoms with Crippen LogP contribution in [0.3, 0.4) is 0 Å². The molecule has 1 aliphatic rings. The standard InChI is InChI=1S/C13H15N3O2S2/c17-11(8-20-10-3-1-2-4-10)14-13-16-15-12(18-13)9-5-6-19-7-9/h5-7,10H,1-4,8H2,(H,14,16,17). The highest BCUT2D eigenvalue weighted by Crippen LogP contribution is 2.29. The van der Waals surface area contributed by atoms with E-state index in [0.717, 1.165) is 5.56 Å². The van der Waals surface area contributed by atoms with Crippen molar-refractivity contribution < 1.29 is 9.21 Å². The van der Waals surface area contributed by atoms with Gasteiger partial charge in [0.05, 0.1) is 5.75 Å². The van der Waals surface area contributed by atoms with Crippen molar-refractivity contribution in [2.75, 3.05) is 11.1 Å².